The zero-order valence-electron chi connectivity index (χ0n) is 5.60. The van der Waals surface area contributed by atoms with E-state index in [0.29, 0.717) is 10.5 Å². The maximum atomic E-state index is 9.62. The quantitative estimate of drug-likeness (QED) is 0.343. The molecule has 0 aromatic heterocycles. The van der Waals surface area contributed by atoms with Crippen LogP contribution in [0.3, 0.4) is 0 Å². The number of hydrogen-bond acceptors (Lipinski definition) is 2. The summed E-state index contributed by atoms with van der Waals surface area (Å²) in [5.74, 6) is -0.184. The Balaban J connectivity index is 0. The van der Waals surface area contributed by atoms with Gasteiger partial charge in [-0.05, 0) is 6.92 Å². The van der Waals surface area contributed by atoms with E-state index in [1.165, 1.54) is 6.92 Å². The van der Waals surface area contributed by atoms with Crippen LogP contribution in [0, 0.1) is 0 Å². The van der Waals surface area contributed by atoms with Crippen molar-refractivity contribution < 1.29 is 9.22 Å². The van der Waals surface area contributed by atoms with Gasteiger partial charge in [0.15, 0.2) is 0 Å². The van der Waals surface area contributed by atoms with Crippen LogP contribution in [0.2, 0.25) is 0 Å². The topological polar surface area (TPSA) is 26.3 Å². The second-order valence-corrected chi connectivity index (χ2v) is 1.51. The molecule has 8 heavy (non-hydrogen) atoms. The lowest BCUT2D eigenvalue weighted by molar-refractivity contribution is -0.131. The summed E-state index contributed by atoms with van der Waals surface area (Å²) < 4.78 is 4.25. The molecule has 0 unspecified atom stereocenters. The Morgan fingerprint density at radius 1 is 1.88 bits per heavy atom. The summed E-state index contributed by atoms with van der Waals surface area (Å²) in [7, 11) is 0.524. The van der Waals surface area contributed by atoms with Crippen molar-refractivity contribution in [2.75, 3.05) is 0 Å². The molecule has 0 saturated heterocycles. The summed E-state index contributed by atoms with van der Waals surface area (Å²) in [5.41, 5.74) is 0. The Hall–Kier alpha value is -0.573. The fourth-order valence-electron chi connectivity index (χ4n) is 0. The third-order valence-corrected chi connectivity index (χ3v) is 0.862. The zero-order chi connectivity index (χ0) is 6.99. The predicted molar refractivity (Wildman–Crippen MR) is 37.6 cm³/mol. The third kappa shape index (κ3) is 52.2. The van der Waals surface area contributed by atoms with Gasteiger partial charge in [-0.2, -0.15) is 0 Å². The highest BCUT2D eigenvalue weighted by atomic mass is 28.2. The molecule has 0 fully saturated rings. The van der Waals surface area contributed by atoms with E-state index in [2.05, 4.69) is 11.0 Å². The molecule has 48 valence electrons. The summed E-state index contributed by atoms with van der Waals surface area (Å²) in [4.78, 5) is 9.62. The SMILES string of the molecule is C=CC.CC(=O)O[SiH3]. The van der Waals surface area contributed by atoms with Crippen LogP contribution in [0.1, 0.15) is 13.8 Å². The number of allylic oxidation sites excluding steroid dienone is 1. The molecule has 0 amide bonds. The second-order valence-electron chi connectivity index (χ2n) is 1.10. The van der Waals surface area contributed by atoms with Crippen LogP contribution in [0.5, 0.6) is 0 Å². The normalized spacial score (nSPS) is 6.25. The highest BCUT2D eigenvalue weighted by molar-refractivity contribution is 6.04. The van der Waals surface area contributed by atoms with E-state index in [4.69, 9.17) is 0 Å². The fraction of sp³-hybridized carbons (Fsp3) is 0.400. The first-order chi connectivity index (χ1) is 3.68. The van der Waals surface area contributed by atoms with Gasteiger partial charge in [-0.25, -0.2) is 0 Å². The first-order valence-corrected chi connectivity index (χ1v) is 3.12. The first kappa shape index (κ1) is 10.4. The van der Waals surface area contributed by atoms with E-state index < -0.39 is 0 Å². The Morgan fingerprint density at radius 3 is 2.00 bits per heavy atom. The van der Waals surface area contributed by atoms with Gasteiger partial charge >= 0.3 is 0 Å². The van der Waals surface area contributed by atoms with Gasteiger partial charge in [-0.15, -0.1) is 6.58 Å². The van der Waals surface area contributed by atoms with Gasteiger partial charge in [0.1, 0.15) is 0 Å². The molecule has 0 saturated carbocycles. The molecule has 0 aliphatic heterocycles. The molecule has 0 spiro atoms. The van der Waals surface area contributed by atoms with E-state index in [1.54, 1.807) is 6.08 Å². The van der Waals surface area contributed by atoms with Crippen LogP contribution in [-0.2, 0) is 9.22 Å². The van der Waals surface area contributed by atoms with Crippen LogP contribution >= 0.6 is 0 Å². The Labute approximate surface area is 53.1 Å². The van der Waals surface area contributed by atoms with Crippen LogP contribution < -0.4 is 0 Å². The van der Waals surface area contributed by atoms with Crippen LogP contribution in [0.4, 0.5) is 0 Å². The molecule has 0 aliphatic carbocycles. The van der Waals surface area contributed by atoms with Gasteiger partial charge in [0.05, 0.1) is 0 Å². The maximum Gasteiger partial charge on any atom is 0.288 e. The van der Waals surface area contributed by atoms with Crippen molar-refractivity contribution in [2.24, 2.45) is 0 Å². The van der Waals surface area contributed by atoms with Gasteiger partial charge in [0, 0.05) is 6.92 Å². The second kappa shape index (κ2) is 9.66. The van der Waals surface area contributed by atoms with Gasteiger partial charge < -0.3 is 4.43 Å². The number of hydrogen-bond donors (Lipinski definition) is 0. The predicted octanol–water partition coefficient (Wildman–Crippen LogP) is 0.0222. The molecule has 3 heteroatoms. The molecule has 0 bridgehead atoms. The molecule has 0 radical (unpaired) electrons. The molecule has 2 nitrogen and oxygen atoms in total. The van der Waals surface area contributed by atoms with E-state index in [1.807, 2.05) is 6.92 Å². The summed E-state index contributed by atoms with van der Waals surface area (Å²) in [5, 5.41) is 0. The van der Waals surface area contributed by atoms with Gasteiger partial charge in [0.2, 0.25) is 10.5 Å². The standard InChI is InChI=1S/C3H6.C2H6O2Si/c1-3-2;1-2(3)4-5/h3H,1H2,2H3;1,5H3. The van der Waals surface area contributed by atoms with E-state index in [0.717, 1.165) is 0 Å². The maximum absolute atomic E-state index is 9.62. The lowest BCUT2D eigenvalue weighted by Gasteiger charge is -1.82. The van der Waals surface area contributed by atoms with Crippen molar-refractivity contribution in [1.29, 1.82) is 0 Å². The smallest absolute Gasteiger partial charge is 0.288 e. The summed E-state index contributed by atoms with van der Waals surface area (Å²) >= 11 is 0. The first-order valence-electron chi connectivity index (χ1n) is 2.30. The molecule has 0 N–H and O–H groups in total. The third-order valence-electron chi connectivity index (χ3n) is 0.287. The lowest BCUT2D eigenvalue weighted by atomic mass is 10.8. The van der Waals surface area contributed by atoms with Gasteiger partial charge in [0.25, 0.3) is 5.97 Å². The van der Waals surface area contributed by atoms with Crippen molar-refractivity contribution in [1.82, 2.24) is 0 Å². The van der Waals surface area contributed by atoms with Crippen molar-refractivity contribution in [3.63, 3.8) is 0 Å². The van der Waals surface area contributed by atoms with Crippen LogP contribution in [-0.4, -0.2) is 16.5 Å². The van der Waals surface area contributed by atoms with Crippen molar-refractivity contribution in [2.45, 2.75) is 13.8 Å². The number of rotatable bonds is 0. The van der Waals surface area contributed by atoms with Crippen LogP contribution in [0.25, 0.3) is 0 Å². The molecule has 0 atom stereocenters. The lowest BCUT2D eigenvalue weighted by Crippen LogP contribution is -1.90. The largest absolute Gasteiger partial charge is 0.529 e. The Kier molecular flexibility index (Phi) is 12.6. The van der Waals surface area contributed by atoms with Crippen molar-refractivity contribution in [3.8, 4) is 0 Å². The van der Waals surface area contributed by atoms with Crippen LogP contribution in [0.15, 0.2) is 12.7 Å². The molecule has 0 aliphatic rings. The van der Waals surface area contributed by atoms with Crippen molar-refractivity contribution in [3.05, 3.63) is 12.7 Å². The summed E-state index contributed by atoms with van der Waals surface area (Å²) in [6.07, 6.45) is 1.75. The highest BCUT2D eigenvalue weighted by Crippen LogP contribution is 1.58. The molecular weight excluding hydrogens is 120 g/mol. The molecule has 0 aromatic rings. The van der Waals surface area contributed by atoms with Gasteiger partial charge in [-0.3, -0.25) is 4.79 Å². The summed E-state index contributed by atoms with van der Waals surface area (Å²) in [6, 6.07) is 0. The number of carbonyl (C=O) groups excluding carboxylic acids is 1. The minimum atomic E-state index is -0.184. The molecule has 0 rings (SSSR count). The van der Waals surface area contributed by atoms with Crippen molar-refractivity contribution >= 4 is 16.5 Å². The Bertz CT molecular complexity index is 70.8. The fourth-order valence-corrected chi connectivity index (χ4v) is 0. The van der Waals surface area contributed by atoms with E-state index >= 15 is 0 Å². The monoisotopic (exact) mass is 132 g/mol. The highest BCUT2D eigenvalue weighted by Gasteiger charge is 1.74. The zero-order valence-corrected chi connectivity index (χ0v) is 7.60. The average Bonchev–Trinajstić information content (AvgIpc) is 1.69. The Morgan fingerprint density at radius 2 is 2.00 bits per heavy atom. The van der Waals surface area contributed by atoms with E-state index in [-0.39, 0.29) is 5.97 Å². The minimum absolute atomic E-state index is 0.184. The summed E-state index contributed by atoms with van der Waals surface area (Å²) in [6.45, 7) is 6.65. The molecular formula is C5H12O2Si. The van der Waals surface area contributed by atoms with Gasteiger partial charge in [-0.1, -0.05) is 6.08 Å². The molecule has 0 heterocycles. The number of carbonyl (C=O) groups is 1. The van der Waals surface area contributed by atoms with E-state index in [9.17, 15) is 4.79 Å². The molecule has 0 aromatic carbocycles. The average molecular weight is 132 g/mol. The minimum Gasteiger partial charge on any atom is -0.529 e.